The van der Waals surface area contributed by atoms with E-state index in [1.165, 1.54) is 11.3 Å². The number of carbonyl (C=O) groups is 2. The number of hydrogen-bond donors (Lipinski definition) is 4. The van der Waals surface area contributed by atoms with Gasteiger partial charge in [-0.25, -0.2) is 4.98 Å². The maximum absolute atomic E-state index is 13.0. The minimum absolute atomic E-state index is 0.154. The number of ketones is 1. The molecule has 188 valence electrons. The molecule has 0 saturated heterocycles. The van der Waals surface area contributed by atoms with Crippen LogP contribution in [0.25, 0.3) is 6.08 Å². The second-order valence-electron chi connectivity index (χ2n) is 9.76. The smallest absolute Gasteiger partial charge is 0.309 e. The van der Waals surface area contributed by atoms with Gasteiger partial charge in [0.25, 0.3) is 0 Å². The molecule has 4 N–H and O–H groups in total. The number of ether oxygens (including phenoxy) is 1. The SMILES string of the molecule is C/C(=C\c1csc(CO)n1)C1C/C=C(/O)CCC[C@@H]2CC(C)(C(=O)[C@H](C)[C@H]2O)[C@@H](O)CC(=O)O1. The molecule has 0 radical (unpaired) electrons. The number of allylic oxidation sites excluding steroid dienone is 1. The Morgan fingerprint density at radius 1 is 1.35 bits per heavy atom. The third kappa shape index (κ3) is 5.94. The summed E-state index contributed by atoms with van der Waals surface area (Å²) in [6, 6.07) is 0. The molecule has 0 aromatic carbocycles. The lowest BCUT2D eigenvalue weighted by molar-refractivity contribution is -0.161. The molecule has 0 spiro atoms. The first kappa shape index (κ1) is 26.5. The average Bonchev–Trinajstić information content (AvgIpc) is 3.25. The lowest BCUT2D eigenvalue weighted by Gasteiger charge is -2.45. The number of rotatable bonds is 3. The van der Waals surface area contributed by atoms with E-state index in [0.717, 1.165) is 0 Å². The van der Waals surface area contributed by atoms with E-state index in [4.69, 9.17) is 4.74 Å². The molecule has 1 aromatic heterocycles. The van der Waals surface area contributed by atoms with Crippen LogP contribution in [0.2, 0.25) is 0 Å². The normalized spacial score (nSPS) is 35.8. The van der Waals surface area contributed by atoms with Gasteiger partial charge in [0.15, 0.2) is 0 Å². The molecule has 1 aliphatic heterocycles. The third-order valence-corrected chi connectivity index (χ3v) is 8.04. The van der Waals surface area contributed by atoms with Gasteiger partial charge in [-0.05, 0) is 49.8 Å². The average molecular weight is 494 g/mol. The molecule has 8 nitrogen and oxygen atoms in total. The van der Waals surface area contributed by atoms with E-state index < -0.39 is 35.6 Å². The van der Waals surface area contributed by atoms with Crippen LogP contribution in [-0.4, -0.2) is 55.5 Å². The molecular weight excluding hydrogens is 458 g/mol. The number of Topliss-reactive ketones (excluding diaryl/α,β-unsaturated/α-hetero) is 1. The van der Waals surface area contributed by atoms with Crippen LogP contribution >= 0.6 is 11.3 Å². The predicted octanol–water partition coefficient (Wildman–Crippen LogP) is 3.31. The Bertz CT molecular complexity index is 955. The monoisotopic (exact) mass is 493 g/mol. The highest BCUT2D eigenvalue weighted by atomic mass is 32.1. The van der Waals surface area contributed by atoms with E-state index in [1.807, 2.05) is 0 Å². The summed E-state index contributed by atoms with van der Waals surface area (Å²) in [7, 11) is 0. The van der Waals surface area contributed by atoms with E-state index in [-0.39, 0.29) is 43.3 Å². The fraction of sp³-hybridized carbons (Fsp3) is 0.640. The van der Waals surface area contributed by atoms with Gasteiger partial charge in [0.05, 0.1) is 42.1 Å². The number of hydrogen-bond acceptors (Lipinski definition) is 9. The Morgan fingerprint density at radius 2 is 2.09 bits per heavy atom. The first-order valence-corrected chi connectivity index (χ1v) is 12.6. The van der Waals surface area contributed by atoms with Gasteiger partial charge in [0.1, 0.15) is 16.9 Å². The van der Waals surface area contributed by atoms with E-state index in [0.29, 0.717) is 35.5 Å². The standard InChI is InChI=1S/C25H35NO7S/c1-14(9-17-13-34-21(12-27)26-17)19-8-7-18(28)6-4-5-16-11-25(3,20(29)10-22(30)33-19)24(32)15(2)23(16)31/h7,9,13,15-16,19-20,23,27-29,31H,4-6,8,10-12H2,1-3H3/b14-9+,18-7+/t15-,16-,19?,20+,23-,25?/m1/s1. The van der Waals surface area contributed by atoms with Crippen molar-refractivity contribution in [1.29, 1.82) is 0 Å². The Balaban J connectivity index is 1.87. The van der Waals surface area contributed by atoms with Gasteiger partial charge < -0.3 is 25.2 Å². The molecule has 6 atom stereocenters. The highest BCUT2D eigenvalue weighted by Crippen LogP contribution is 2.44. The molecule has 9 heteroatoms. The van der Waals surface area contributed by atoms with Crippen LogP contribution < -0.4 is 0 Å². The summed E-state index contributed by atoms with van der Waals surface area (Å²) in [5.41, 5.74) is 0.172. The Labute approximate surface area is 204 Å². The number of cyclic esters (lactones) is 1. The van der Waals surface area contributed by atoms with Crippen molar-refractivity contribution in [3.63, 3.8) is 0 Å². The summed E-state index contributed by atoms with van der Waals surface area (Å²) in [5, 5.41) is 43.6. The van der Waals surface area contributed by atoms with Crippen LogP contribution in [0, 0.1) is 17.3 Å². The molecule has 0 amide bonds. The van der Waals surface area contributed by atoms with Crippen molar-refractivity contribution in [2.75, 3.05) is 0 Å². The fourth-order valence-electron chi connectivity index (χ4n) is 5.02. The van der Waals surface area contributed by atoms with E-state index in [2.05, 4.69) is 4.98 Å². The van der Waals surface area contributed by atoms with Crippen molar-refractivity contribution >= 4 is 29.2 Å². The maximum atomic E-state index is 13.0. The molecule has 1 aliphatic carbocycles. The maximum Gasteiger partial charge on any atom is 0.309 e. The number of thiazole rings is 1. The molecule has 2 unspecified atom stereocenters. The van der Waals surface area contributed by atoms with Crippen molar-refractivity contribution < 1.29 is 34.8 Å². The molecule has 2 aliphatic rings. The Hall–Kier alpha value is -2.07. The Kier molecular flexibility index (Phi) is 8.67. The van der Waals surface area contributed by atoms with E-state index >= 15 is 0 Å². The topological polar surface area (TPSA) is 137 Å². The van der Waals surface area contributed by atoms with Gasteiger partial charge in [0, 0.05) is 24.1 Å². The Morgan fingerprint density at radius 3 is 2.76 bits per heavy atom. The number of aromatic nitrogens is 1. The van der Waals surface area contributed by atoms with Gasteiger partial charge in [-0.2, -0.15) is 0 Å². The minimum Gasteiger partial charge on any atom is -0.513 e. The summed E-state index contributed by atoms with van der Waals surface area (Å²) >= 11 is 1.32. The molecule has 1 saturated carbocycles. The second kappa shape index (κ2) is 11.1. The number of carbonyl (C=O) groups excluding carboxylic acids is 2. The van der Waals surface area contributed by atoms with Crippen LogP contribution in [0.15, 0.2) is 22.8 Å². The molecule has 2 bridgehead atoms. The summed E-state index contributed by atoms with van der Waals surface area (Å²) in [6.45, 7) is 4.96. The van der Waals surface area contributed by atoms with Crippen LogP contribution in [-0.2, 0) is 20.9 Å². The number of aliphatic hydroxyl groups excluding tert-OH is 4. The van der Waals surface area contributed by atoms with Gasteiger partial charge in [-0.1, -0.05) is 13.8 Å². The van der Waals surface area contributed by atoms with E-state index in [9.17, 15) is 30.0 Å². The van der Waals surface area contributed by atoms with Gasteiger partial charge in [-0.3, -0.25) is 9.59 Å². The fourth-order valence-corrected chi connectivity index (χ4v) is 5.63. The van der Waals surface area contributed by atoms with Crippen molar-refractivity contribution in [3.8, 4) is 0 Å². The summed E-state index contributed by atoms with van der Waals surface area (Å²) in [6.07, 6.45) is 2.46. The van der Waals surface area contributed by atoms with Crippen LogP contribution in [0.3, 0.4) is 0 Å². The summed E-state index contributed by atoms with van der Waals surface area (Å²) in [4.78, 5) is 30.1. The summed E-state index contributed by atoms with van der Waals surface area (Å²) < 4.78 is 5.69. The molecule has 3 rings (SSSR count). The largest absolute Gasteiger partial charge is 0.513 e. The lowest BCUT2D eigenvalue weighted by atomic mass is 9.60. The van der Waals surface area contributed by atoms with Gasteiger partial charge in [0.2, 0.25) is 0 Å². The number of esters is 1. The zero-order valence-corrected chi connectivity index (χ0v) is 20.8. The zero-order chi connectivity index (χ0) is 25.0. The predicted molar refractivity (Wildman–Crippen MR) is 128 cm³/mol. The van der Waals surface area contributed by atoms with Crippen molar-refractivity contribution in [2.24, 2.45) is 17.3 Å². The molecule has 1 aromatic rings. The van der Waals surface area contributed by atoms with Crippen molar-refractivity contribution in [1.82, 2.24) is 4.98 Å². The first-order valence-electron chi connectivity index (χ1n) is 11.8. The van der Waals surface area contributed by atoms with Crippen LogP contribution in [0.5, 0.6) is 0 Å². The van der Waals surface area contributed by atoms with Gasteiger partial charge >= 0.3 is 5.97 Å². The highest BCUT2D eigenvalue weighted by Gasteiger charge is 2.51. The molecule has 1 fully saturated rings. The minimum atomic E-state index is -1.23. The number of nitrogens with zero attached hydrogens (tertiary/aromatic N) is 1. The molecule has 2 heterocycles. The van der Waals surface area contributed by atoms with Crippen LogP contribution in [0.4, 0.5) is 0 Å². The number of aliphatic hydroxyl groups is 4. The van der Waals surface area contributed by atoms with Gasteiger partial charge in [-0.15, -0.1) is 11.3 Å². The quantitative estimate of drug-likeness (QED) is 0.471. The van der Waals surface area contributed by atoms with Crippen LogP contribution in [0.1, 0.15) is 70.0 Å². The van der Waals surface area contributed by atoms with Crippen molar-refractivity contribution in [3.05, 3.63) is 33.5 Å². The first-order chi connectivity index (χ1) is 16.0. The number of fused-ring (bicyclic) bond motifs is 2. The van der Waals surface area contributed by atoms with Crippen molar-refractivity contribution in [2.45, 2.75) is 84.2 Å². The zero-order valence-electron chi connectivity index (χ0n) is 19.9. The lowest BCUT2D eigenvalue weighted by Crippen LogP contribution is -2.54. The molecule has 34 heavy (non-hydrogen) atoms. The molecular formula is C25H35NO7S. The summed E-state index contributed by atoms with van der Waals surface area (Å²) in [5.74, 6) is -1.57. The second-order valence-corrected chi connectivity index (χ2v) is 10.7. The highest BCUT2D eigenvalue weighted by molar-refractivity contribution is 7.09. The van der Waals surface area contributed by atoms with E-state index in [1.54, 1.807) is 38.3 Å². The third-order valence-electron chi connectivity index (χ3n) is 7.19.